The van der Waals surface area contributed by atoms with Crippen molar-refractivity contribution in [2.75, 3.05) is 7.05 Å². The molecule has 1 N–H and O–H groups in total. The second-order valence-corrected chi connectivity index (χ2v) is 5.35. The normalized spacial score (nSPS) is 32.8. The summed E-state index contributed by atoms with van der Waals surface area (Å²) in [6.07, 6.45) is -0.595. The zero-order valence-electron chi connectivity index (χ0n) is 11.6. The van der Waals surface area contributed by atoms with Crippen molar-refractivity contribution in [2.24, 2.45) is 11.8 Å². The smallest absolute Gasteiger partial charge is 0.237 e. The van der Waals surface area contributed by atoms with Crippen LogP contribution in [0.1, 0.15) is 12.5 Å². The van der Waals surface area contributed by atoms with E-state index in [1.807, 2.05) is 37.3 Å². The zero-order chi connectivity index (χ0) is 14.3. The molecule has 0 aromatic heterocycles. The van der Waals surface area contributed by atoms with Gasteiger partial charge in [-0.25, -0.2) is 0 Å². The molecule has 2 heterocycles. The van der Waals surface area contributed by atoms with E-state index in [9.17, 15) is 9.59 Å². The summed E-state index contributed by atoms with van der Waals surface area (Å²) in [6.45, 7) is 2.20. The molecule has 0 bridgehead atoms. The fourth-order valence-electron chi connectivity index (χ4n) is 3.16. The lowest BCUT2D eigenvalue weighted by atomic mass is 9.92. The number of carbonyl (C=O) groups excluding carboxylic acids is 2. The van der Waals surface area contributed by atoms with Gasteiger partial charge in [-0.2, -0.15) is 0 Å². The first kappa shape index (κ1) is 13.3. The standard InChI is InChI=1S/C15H18N2O3/c1-9-11-12(13(16-2)20-9)15(19)17(14(11)18)8-10-6-4-3-5-7-10/h3-7,9,11-13,16H,8H2,1-2H3. The average molecular weight is 274 g/mol. The number of hydrogen-bond donors (Lipinski definition) is 1. The molecule has 106 valence electrons. The van der Waals surface area contributed by atoms with Gasteiger partial charge in [0.1, 0.15) is 6.23 Å². The maximum Gasteiger partial charge on any atom is 0.237 e. The number of carbonyl (C=O) groups is 2. The number of imide groups is 1. The van der Waals surface area contributed by atoms with Gasteiger partial charge in [-0.3, -0.25) is 19.8 Å². The van der Waals surface area contributed by atoms with Crippen molar-refractivity contribution in [2.45, 2.75) is 25.8 Å². The van der Waals surface area contributed by atoms with Gasteiger partial charge in [-0.1, -0.05) is 30.3 Å². The number of ether oxygens (including phenoxy) is 1. The molecule has 1 aromatic carbocycles. The van der Waals surface area contributed by atoms with Gasteiger partial charge in [-0.05, 0) is 19.5 Å². The van der Waals surface area contributed by atoms with Gasteiger partial charge in [0.15, 0.2) is 0 Å². The van der Waals surface area contributed by atoms with E-state index in [1.165, 1.54) is 4.90 Å². The number of fused-ring (bicyclic) bond motifs is 1. The molecule has 2 aliphatic heterocycles. The summed E-state index contributed by atoms with van der Waals surface area (Å²) in [5, 5.41) is 2.98. The van der Waals surface area contributed by atoms with E-state index in [4.69, 9.17) is 4.74 Å². The molecule has 0 spiro atoms. The van der Waals surface area contributed by atoms with E-state index >= 15 is 0 Å². The molecule has 4 unspecified atom stereocenters. The molecule has 2 aliphatic rings. The number of nitrogens with zero attached hydrogens (tertiary/aromatic N) is 1. The highest BCUT2D eigenvalue weighted by atomic mass is 16.5. The van der Waals surface area contributed by atoms with Crippen LogP contribution in [0.2, 0.25) is 0 Å². The molecule has 1 aromatic rings. The van der Waals surface area contributed by atoms with Crippen LogP contribution in [0.15, 0.2) is 30.3 Å². The lowest BCUT2D eigenvalue weighted by molar-refractivity contribution is -0.144. The van der Waals surface area contributed by atoms with Crippen molar-refractivity contribution in [3.8, 4) is 0 Å². The number of nitrogens with one attached hydrogen (secondary N) is 1. The van der Waals surface area contributed by atoms with E-state index in [1.54, 1.807) is 7.05 Å². The number of likely N-dealkylation sites (tertiary alicyclic amines) is 1. The summed E-state index contributed by atoms with van der Waals surface area (Å²) in [6, 6.07) is 9.57. The molecule has 3 rings (SSSR count). The Morgan fingerprint density at radius 2 is 1.80 bits per heavy atom. The molecule has 4 atom stereocenters. The van der Waals surface area contributed by atoms with Gasteiger partial charge < -0.3 is 4.74 Å². The predicted octanol–water partition coefficient (Wildman–Crippen LogP) is 0.752. The summed E-state index contributed by atoms with van der Waals surface area (Å²) in [5.74, 6) is -1.00. The zero-order valence-corrected chi connectivity index (χ0v) is 11.6. The number of amides is 2. The molecule has 5 heteroatoms. The molecule has 0 aliphatic carbocycles. The third kappa shape index (κ3) is 1.94. The van der Waals surface area contributed by atoms with Crippen LogP contribution in [0.3, 0.4) is 0 Å². The van der Waals surface area contributed by atoms with Crippen LogP contribution in [0.5, 0.6) is 0 Å². The molecule has 0 radical (unpaired) electrons. The van der Waals surface area contributed by atoms with E-state index < -0.39 is 5.92 Å². The van der Waals surface area contributed by atoms with Crippen molar-refractivity contribution in [3.05, 3.63) is 35.9 Å². The fraction of sp³-hybridized carbons (Fsp3) is 0.467. The Hall–Kier alpha value is -1.72. The SMILES string of the molecule is CNC1OC(C)C2C(=O)N(Cc3ccccc3)C(=O)C12. The van der Waals surface area contributed by atoms with Crippen LogP contribution in [0.25, 0.3) is 0 Å². The monoisotopic (exact) mass is 274 g/mol. The minimum atomic E-state index is -0.397. The Kier molecular flexibility index (Phi) is 3.31. The Bertz CT molecular complexity index is 531. The Morgan fingerprint density at radius 1 is 1.15 bits per heavy atom. The highest BCUT2D eigenvalue weighted by molar-refractivity contribution is 6.06. The molecule has 20 heavy (non-hydrogen) atoms. The van der Waals surface area contributed by atoms with E-state index in [2.05, 4.69) is 5.32 Å². The van der Waals surface area contributed by atoms with Crippen molar-refractivity contribution in [1.82, 2.24) is 10.2 Å². The summed E-state index contributed by atoms with van der Waals surface area (Å²) in [5.41, 5.74) is 0.962. The Labute approximate surface area is 117 Å². The van der Waals surface area contributed by atoms with Crippen LogP contribution in [-0.2, 0) is 20.9 Å². The molecular formula is C15H18N2O3. The lowest BCUT2D eigenvalue weighted by Gasteiger charge is -2.20. The summed E-state index contributed by atoms with van der Waals surface area (Å²) >= 11 is 0. The van der Waals surface area contributed by atoms with E-state index in [-0.39, 0.29) is 30.1 Å². The maximum absolute atomic E-state index is 12.5. The van der Waals surface area contributed by atoms with Crippen LogP contribution < -0.4 is 5.32 Å². The number of benzene rings is 1. The molecule has 0 saturated carbocycles. The van der Waals surface area contributed by atoms with Crippen LogP contribution in [-0.4, -0.2) is 36.1 Å². The maximum atomic E-state index is 12.5. The first-order valence-corrected chi connectivity index (χ1v) is 6.85. The lowest BCUT2D eigenvalue weighted by Crippen LogP contribution is -2.39. The van der Waals surface area contributed by atoms with E-state index in [0.29, 0.717) is 6.54 Å². The molecular weight excluding hydrogens is 256 g/mol. The Balaban J connectivity index is 1.85. The van der Waals surface area contributed by atoms with Gasteiger partial charge >= 0.3 is 0 Å². The van der Waals surface area contributed by atoms with Crippen LogP contribution in [0.4, 0.5) is 0 Å². The van der Waals surface area contributed by atoms with E-state index in [0.717, 1.165) is 5.56 Å². The fourth-order valence-corrected chi connectivity index (χ4v) is 3.16. The largest absolute Gasteiger partial charge is 0.359 e. The number of hydrogen-bond acceptors (Lipinski definition) is 4. The quantitative estimate of drug-likeness (QED) is 0.826. The summed E-state index contributed by atoms with van der Waals surface area (Å²) in [4.78, 5) is 26.3. The average Bonchev–Trinajstić information content (AvgIpc) is 2.92. The highest BCUT2D eigenvalue weighted by Crippen LogP contribution is 2.39. The van der Waals surface area contributed by atoms with Crippen molar-refractivity contribution < 1.29 is 14.3 Å². The third-order valence-corrected chi connectivity index (χ3v) is 4.15. The molecule has 2 fully saturated rings. The summed E-state index contributed by atoms with van der Waals surface area (Å²) < 4.78 is 5.64. The molecule has 2 amide bonds. The van der Waals surface area contributed by atoms with Gasteiger partial charge in [-0.15, -0.1) is 0 Å². The molecule has 5 nitrogen and oxygen atoms in total. The molecule has 2 saturated heterocycles. The van der Waals surface area contributed by atoms with Crippen molar-refractivity contribution >= 4 is 11.8 Å². The van der Waals surface area contributed by atoms with Gasteiger partial charge in [0.05, 0.1) is 24.5 Å². The Morgan fingerprint density at radius 3 is 2.45 bits per heavy atom. The van der Waals surface area contributed by atoms with Gasteiger partial charge in [0.2, 0.25) is 11.8 Å². The van der Waals surface area contributed by atoms with Gasteiger partial charge in [0.25, 0.3) is 0 Å². The highest BCUT2D eigenvalue weighted by Gasteiger charge is 2.58. The first-order valence-electron chi connectivity index (χ1n) is 6.85. The van der Waals surface area contributed by atoms with Crippen molar-refractivity contribution in [1.29, 1.82) is 0 Å². The van der Waals surface area contributed by atoms with Crippen LogP contribution in [0, 0.1) is 11.8 Å². The minimum Gasteiger partial charge on any atom is -0.359 e. The second-order valence-electron chi connectivity index (χ2n) is 5.35. The predicted molar refractivity (Wildman–Crippen MR) is 72.4 cm³/mol. The third-order valence-electron chi connectivity index (χ3n) is 4.15. The van der Waals surface area contributed by atoms with Crippen molar-refractivity contribution in [3.63, 3.8) is 0 Å². The topological polar surface area (TPSA) is 58.6 Å². The van der Waals surface area contributed by atoms with Gasteiger partial charge in [0, 0.05) is 0 Å². The summed E-state index contributed by atoms with van der Waals surface area (Å²) in [7, 11) is 1.75. The van der Waals surface area contributed by atoms with Crippen LogP contribution >= 0.6 is 0 Å². The number of rotatable bonds is 3. The minimum absolute atomic E-state index is 0.117. The first-order chi connectivity index (χ1) is 9.63. The second kappa shape index (κ2) is 5.00.